The second kappa shape index (κ2) is 11.8. The van der Waals surface area contributed by atoms with Gasteiger partial charge in [0, 0.05) is 18.7 Å². The van der Waals surface area contributed by atoms with Crippen LogP contribution in [0.3, 0.4) is 0 Å². The molecule has 4 rings (SSSR count). The van der Waals surface area contributed by atoms with Gasteiger partial charge in [-0.25, -0.2) is 4.68 Å². The number of pyridine rings is 1. The van der Waals surface area contributed by atoms with Crippen LogP contribution in [0.1, 0.15) is 48.8 Å². The Kier molecular flexibility index (Phi) is 8.29. The number of para-hydroxylation sites is 1. The van der Waals surface area contributed by atoms with Gasteiger partial charge >= 0.3 is 5.97 Å². The molecule has 37 heavy (non-hydrogen) atoms. The highest BCUT2D eigenvalue weighted by atomic mass is 16.5. The number of ether oxygens (including phenoxy) is 2. The number of nitrogens with one attached hydrogen (secondary N) is 1. The van der Waals surface area contributed by atoms with Gasteiger partial charge in [-0.15, -0.1) is 5.10 Å². The van der Waals surface area contributed by atoms with Gasteiger partial charge in [0.2, 0.25) is 0 Å². The summed E-state index contributed by atoms with van der Waals surface area (Å²) in [7, 11) is 1.63. The number of fused-ring (bicyclic) bond motifs is 1. The summed E-state index contributed by atoms with van der Waals surface area (Å²) in [5.74, 6) is 0.896. The van der Waals surface area contributed by atoms with Crippen molar-refractivity contribution in [1.29, 1.82) is 0 Å². The van der Waals surface area contributed by atoms with Crippen molar-refractivity contribution in [2.24, 2.45) is 0 Å². The van der Waals surface area contributed by atoms with E-state index in [-0.39, 0.29) is 24.8 Å². The molecule has 0 radical (unpaired) electrons. The Bertz CT molecular complexity index is 1410. The standard InChI is InChI=1S/C27H32N6O4/c1-5-23(26-29-30-31-33(26)17-24(34)37-6-2)32(15-19-10-12-22(36-4)13-11-19)16-21-14-20-9-7-8-18(3)25(20)28-27(21)35/h7-14,23H,5-6,15-17H2,1-4H3,(H,28,35)/t23-/m1/s1. The molecule has 2 heterocycles. The van der Waals surface area contributed by atoms with Crippen LogP contribution in [-0.2, 0) is 29.2 Å². The molecule has 0 aliphatic heterocycles. The minimum atomic E-state index is -0.408. The van der Waals surface area contributed by atoms with Crippen molar-refractivity contribution in [2.45, 2.75) is 52.9 Å². The highest BCUT2D eigenvalue weighted by molar-refractivity contribution is 5.81. The maximum absolute atomic E-state index is 13.1. The second-order valence-electron chi connectivity index (χ2n) is 8.84. The maximum atomic E-state index is 13.1. The van der Waals surface area contributed by atoms with E-state index >= 15 is 0 Å². The van der Waals surface area contributed by atoms with Gasteiger partial charge in [-0.1, -0.05) is 37.3 Å². The molecule has 0 saturated heterocycles. The number of carbonyl (C=O) groups excluding carboxylic acids is 1. The van der Waals surface area contributed by atoms with E-state index < -0.39 is 5.97 Å². The molecule has 0 bridgehead atoms. The van der Waals surface area contributed by atoms with E-state index in [1.165, 1.54) is 4.68 Å². The lowest BCUT2D eigenvalue weighted by molar-refractivity contribution is -0.144. The monoisotopic (exact) mass is 504 g/mol. The molecule has 10 heteroatoms. The Labute approximate surface area is 215 Å². The molecule has 0 aliphatic rings. The molecule has 0 spiro atoms. The summed E-state index contributed by atoms with van der Waals surface area (Å²) < 4.78 is 11.9. The van der Waals surface area contributed by atoms with Gasteiger partial charge in [0.15, 0.2) is 5.82 Å². The van der Waals surface area contributed by atoms with Gasteiger partial charge in [0.25, 0.3) is 5.56 Å². The molecule has 0 unspecified atom stereocenters. The summed E-state index contributed by atoms with van der Waals surface area (Å²) in [4.78, 5) is 30.5. The zero-order valence-electron chi connectivity index (χ0n) is 21.6. The molecule has 0 saturated carbocycles. The molecule has 2 aromatic heterocycles. The fourth-order valence-electron chi connectivity index (χ4n) is 4.50. The summed E-state index contributed by atoms with van der Waals surface area (Å²) in [6.07, 6.45) is 0.657. The number of benzene rings is 2. The van der Waals surface area contributed by atoms with Crippen molar-refractivity contribution in [3.8, 4) is 5.75 Å². The number of H-pyrrole nitrogens is 1. The predicted octanol–water partition coefficient (Wildman–Crippen LogP) is 3.55. The molecule has 0 amide bonds. The van der Waals surface area contributed by atoms with Gasteiger partial charge in [-0.05, 0) is 65.4 Å². The predicted molar refractivity (Wildman–Crippen MR) is 139 cm³/mol. The average molecular weight is 505 g/mol. The van der Waals surface area contributed by atoms with E-state index in [1.54, 1.807) is 14.0 Å². The van der Waals surface area contributed by atoms with Crippen LogP contribution in [-0.4, -0.2) is 49.8 Å². The van der Waals surface area contributed by atoms with Gasteiger partial charge < -0.3 is 14.5 Å². The van der Waals surface area contributed by atoms with Gasteiger partial charge in [-0.2, -0.15) is 0 Å². The first-order chi connectivity index (χ1) is 17.9. The van der Waals surface area contributed by atoms with E-state index in [4.69, 9.17) is 9.47 Å². The Morgan fingerprint density at radius 3 is 2.62 bits per heavy atom. The first kappa shape index (κ1) is 26.0. The lowest BCUT2D eigenvalue weighted by Gasteiger charge is -2.30. The second-order valence-corrected chi connectivity index (χ2v) is 8.84. The number of rotatable bonds is 11. The van der Waals surface area contributed by atoms with Crippen LogP contribution in [0.15, 0.2) is 53.3 Å². The van der Waals surface area contributed by atoms with E-state index in [0.29, 0.717) is 30.9 Å². The van der Waals surface area contributed by atoms with Crippen LogP contribution < -0.4 is 10.3 Å². The molecule has 10 nitrogen and oxygen atoms in total. The SMILES string of the molecule is CCOC(=O)Cn1nnnc1[C@@H](CC)N(Cc1ccc(OC)cc1)Cc1cc2cccc(C)c2[nH]c1=O. The summed E-state index contributed by atoms with van der Waals surface area (Å²) in [5.41, 5.74) is 3.39. The van der Waals surface area contributed by atoms with Crippen LogP contribution in [0.5, 0.6) is 5.75 Å². The highest BCUT2D eigenvalue weighted by Crippen LogP contribution is 2.27. The number of methoxy groups -OCH3 is 1. The zero-order valence-corrected chi connectivity index (χ0v) is 21.6. The Hall–Kier alpha value is -4.05. The number of hydrogen-bond acceptors (Lipinski definition) is 8. The molecular formula is C27H32N6O4. The van der Waals surface area contributed by atoms with E-state index in [1.807, 2.05) is 62.4 Å². The Morgan fingerprint density at radius 2 is 1.92 bits per heavy atom. The number of aryl methyl sites for hydroxylation is 1. The van der Waals surface area contributed by atoms with E-state index in [9.17, 15) is 9.59 Å². The molecule has 0 fully saturated rings. The summed E-state index contributed by atoms with van der Waals surface area (Å²) in [6.45, 7) is 6.84. The number of nitrogens with zero attached hydrogens (tertiary/aromatic N) is 5. The van der Waals surface area contributed by atoms with Crippen LogP contribution >= 0.6 is 0 Å². The average Bonchev–Trinajstić information content (AvgIpc) is 3.33. The number of tetrazole rings is 1. The molecule has 0 aliphatic carbocycles. The van der Waals surface area contributed by atoms with Crippen LogP contribution in [0, 0.1) is 6.92 Å². The van der Waals surface area contributed by atoms with Crippen molar-refractivity contribution in [2.75, 3.05) is 13.7 Å². The van der Waals surface area contributed by atoms with Crippen LogP contribution in [0.4, 0.5) is 0 Å². The molecule has 4 aromatic rings. The topological polar surface area (TPSA) is 115 Å². The van der Waals surface area contributed by atoms with Crippen molar-refractivity contribution in [1.82, 2.24) is 30.1 Å². The van der Waals surface area contributed by atoms with E-state index in [0.717, 1.165) is 27.8 Å². The molecule has 1 N–H and O–H groups in total. The van der Waals surface area contributed by atoms with Crippen molar-refractivity contribution < 1.29 is 14.3 Å². The van der Waals surface area contributed by atoms with Crippen molar-refractivity contribution >= 4 is 16.9 Å². The lowest BCUT2D eigenvalue weighted by atomic mass is 10.1. The lowest BCUT2D eigenvalue weighted by Crippen LogP contribution is -2.33. The molecule has 1 atom stereocenters. The Balaban J connectivity index is 1.72. The normalized spacial score (nSPS) is 12.1. The first-order valence-electron chi connectivity index (χ1n) is 12.3. The minimum absolute atomic E-state index is 0.0844. The first-order valence-corrected chi connectivity index (χ1v) is 12.3. The number of aromatic amines is 1. The fraction of sp³-hybridized carbons (Fsp3) is 0.370. The third-order valence-electron chi connectivity index (χ3n) is 6.35. The third-order valence-corrected chi connectivity index (χ3v) is 6.35. The van der Waals surface area contributed by atoms with Crippen molar-refractivity contribution in [3.63, 3.8) is 0 Å². The maximum Gasteiger partial charge on any atom is 0.327 e. The number of aromatic nitrogens is 5. The van der Waals surface area contributed by atoms with Gasteiger partial charge in [0.05, 0.1) is 25.3 Å². The highest BCUT2D eigenvalue weighted by Gasteiger charge is 2.27. The largest absolute Gasteiger partial charge is 0.497 e. The summed E-state index contributed by atoms with van der Waals surface area (Å²) in [6, 6.07) is 15.4. The summed E-state index contributed by atoms with van der Waals surface area (Å²) >= 11 is 0. The fourth-order valence-corrected chi connectivity index (χ4v) is 4.50. The quantitative estimate of drug-likeness (QED) is 0.308. The smallest absolute Gasteiger partial charge is 0.327 e. The molecule has 2 aromatic carbocycles. The van der Waals surface area contributed by atoms with Crippen LogP contribution in [0.25, 0.3) is 10.9 Å². The molecular weight excluding hydrogens is 472 g/mol. The van der Waals surface area contributed by atoms with Crippen molar-refractivity contribution in [3.05, 3.63) is 81.4 Å². The Morgan fingerprint density at radius 1 is 1.14 bits per heavy atom. The number of hydrogen-bond donors (Lipinski definition) is 1. The molecule has 194 valence electrons. The number of carbonyl (C=O) groups is 1. The number of esters is 1. The van der Waals surface area contributed by atoms with Crippen LogP contribution in [0.2, 0.25) is 0 Å². The zero-order chi connectivity index (χ0) is 26.4. The van der Waals surface area contributed by atoms with Gasteiger partial charge in [-0.3, -0.25) is 14.5 Å². The minimum Gasteiger partial charge on any atom is -0.497 e. The third kappa shape index (κ3) is 6.03. The van der Waals surface area contributed by atoms with Gasteiger partial charge in [0.1, 0.15) is 12.3 Å². The van der Waals surface area contributed by atoms with E-state index in [2.05, 4.69) is 25.4 Å². The summed E-state index contributed by atoms with van der Waals surface area (Å²) in [5, 5.41) is 13.1.